The van der Waals surface area contributed by atoms with Crippen molar-refractivity contribution in [1.82, 2.24) is 9.80 Å². The first-order valence-electron chi connectivity index (χ1n) is 12.0. The summed E-state index contributed by atoms with van der Waals surface area (Å²) < 4.78 is 25.2. The molecule has 1 aliphatic rings. The van der Waals surface area contributed by atoms with Crippen molar-refractivity contribution in [1.29, 1.82) is 0 Å². The largest absolute Gasteiger partial charge is 0.497 e. The lowest BCUT2D eigenvalue weighted by molar-refractivity contribution is -0.135. The maximum absolute atomic E-state index is 13.8. The molecule has 0 saturated heterocycles. The summed E-state index contributed by atoms with van der Waals surface area (Å²) in [7, 11) is 1.60. The highest BCUT2D eigenvalue weighted by atomic mass is 32.1. The molecule has 0 aliphatic carbocycles. The standard InChI is InChI=1S/C28H31FN2O4S/c1-19(2)16-30(28(33)20-6-4-7-21(29)14-20)17-27(32)31-12-10-26-24(11-13-36-26)25(31)18-35-23-9-5-8-22(15-23)34-3/h4-9,11,13-15,19,25H,10,12,16-18H2,1-3H3. The SMILES string of the molecule is COc1cccc(OCC2c3ccsc3CCN2C(=O)CN(CC(C)C)C(=O)c2cccc(F)c2)c1. The molecule has 8 heteroatoms. The highest BCUT2D eigenvalue weighted by Gasteiger charge is 2.34. The second kappa shape index (κ2) is 11.6. The van der Waals surface area contributed by atoms with E-state index >= 15 is 0 Å². The Kier molecular flexibility index (Phi) is 8.25. The van der Waals surface area contributed by atoms with E-state index in [9.17, 15) is 14.0 Å². The van der Waals surface area contributed by atoms with Crippen molar-refractivity contribution >= 4 is 23.2 Å². The Morgan fingerprint density at radius 1 is 1.14 bits per heavy atom. The van der Waals surface area contributed by atoms with Crippen molar-refractivity contribution in [3.63, 3.8) is 0 Å². The van der Waals surface area contributed by atoms with Crippen LogP contribution in [0.4, 0.5) is 4.39 Å². The molecule has 4 rings (SSSR count). The number of rotatable bonds is 9. The van der Waals surface area contributed by atoms with E-state index in [2.05, 4.69) is 0 Å². The fourth-order valence-electron chi connectivity index (χ4n) is 4.46. The summed E-state index contributed by atoms with van der Waals surface area (Å²) in [5.41, 5.74) is 1.31. The molecule has 0 saturated carbocycles. The first kappa shape index (κ1) is 25.7. The van der Waals surface area contributed by atoms with Gasteiger partial charge in [-0.3, -0.25) is 9.59 Å². The Morgan fingerprint density at radius 2 is 1.92 bits per heavy atom. The minimum absolute atomic E-state index is 0.0807. The molecule has 2 aromatic carbocycles. The second-order valence-corrected chi connectivity index (χ2v) is 10.2. The lowest BCUT2D eigenvalue weighted by Crippen LogP contribution is -2.48. The smallest absolute Gasteiger partial charge is 0.254 e. The number of benzene rings is 2. The molecule has 6 nitrogen and oxygen atoms in total. The van der Waals surface area contributed by atoms with Crippen molar-refractivity contribution in [2.75, 3.05) is 33.4 Å². The average molecular weight is 511 g/mol. The van der Waals surface area contributed by atoms with Gasteiger partial charge in [-0.1, -0.05) is 26.0 Å². The molecule has 0 radical (unpaired) electrons. The molecule has 0 fully saturated rings. The number of amides is 2. The third-order valence-corrected chi connectivity index (χ3v) is 7.13. The van der Waals surface area contributed by atoms with Crippen LogP contribution in [-0.4, -0.2) is 55.0 Å². The summed E-state index contributed by atoms with van der Waals surface area (Å²) in [5.74, 6) is 0.512. The number of methoxy groups -OCH3 is 1. The Hall–Kier alpha value is -3.39. The minimum Gasteiger partial charge on any atom is -0.497 e. The van der Waals surface area contributed by atoms with Crippen molar-refractivity contribution in [2.24, 2.45) is 5.92 Å². The van der Waals surface area contributed by atoms with Gasteiger partial charge in [-0.2, -0.15) is 0 Å². The van der Waals surface area contributed by atoms with Gasteiger partial charge in [0.1, 0.15) is 30.5 Å². The van der Waals surface area contributed by atoms with Crippen LogP contribution in [0, 0.1) is 11.7 Å². The van der Waals surface area contributed by atoms with Gasteiger partial charge in [0, 0.05) is 29.6 Å². The van der Waals surface area contributed by atoms with Gasteiger partial charge in [0.05, 0.1) is 13.2 Å². The van der Waals surface area contributed by atoms with Crippen LogP contribution in [0.25, 0.3) is 0 Å². The number of nitrogens with zero attached hydrogens (tertiary/aromatic N) is 2. The molecule has 36 heavy (non-hydrogen) atoms. The van der Waals surface area contributed by atoms with E-state index in [1.54, 1.807) is 29.4 Å². The number of thiophene rings is 1. The lowest BCUT2D eigenvalue weighted by Gasteiger charge is -2.37. The first-order chi connectivity index (χ1) is 17.4. The zero-order valence-electron chi connectivity index (χ0n) is 20.8. The van der Waals surface area contributed by atoms with Gasteiger partial charge in [-0.15, -0.1) is 11.3 Å². The van der Waals surface area contributed by atoms with Gasteiger partial charge in [0.2, 0.25) is 5.91 Å². The van der Waals surface area contributed by atoms with E-state index in [1.165, 1.54) is 28.0 Å². The molecule has 1 atom stereocenters. The topological polar surface area (TPSA) is 59.1 Å². The van der Waals surface area contributed by atoms with Crippen LogP contribution in [0.1, 0.15) is 40.7 Å². The van der Waals surface area contributed by atoms with Gasteiger partial charge >= 0.3 is 0 Å². The molecule has 2 heterocycles. The third kappa shape index (κ3) is 6.05. The third-order valence-electron chi connectivity index (χ3n) is 6.13. The molecule has 0 bridgehead atoms. The van der Waals surface area contributed by atoms with Crippen LogP contribution in [0.15, 0.2) is 60.0 Å². The van der Waals surface area contributed by atoms with Crippen molar-refractivity contribution in [2.45, 2.75) is 26.3 Å². The summed E-state index contributed by atoms with van der Waals surface area (Å²) in [6.07, 6.45) is 0.760. The predicted molar refractivity (Wildman–Crippen MR) is 138 cm³/mol. The van der Waals surface area contributed by atoms with Crippen LogP contribution < -0.4 is 9.47 Å². The fraction of sp³-hybridized carbons (Fsp3) is 0.357. The maximum Gasteiger partial charge on any atom is 0.254 e. The predicted octanol–water partition coefficient (Wildman–Crippen LogP) is 5.20. The molecular weight excluding hydrogens is 479 g/mol. The molecule has 3 aromatic rings. The van der Waals surface area contributed by atoms with Crippen LogP contribution in [0.2, 0.25) is 0 Å². The van der Waals surface area contributed by atoms with Crippen molar-refractivity contribution in [3.8, 4) is 11.5 Å². The number of hydrogen-bond acceptors (Lipinski definition) is 5. The van der Waals surface area contributed by atoms with Crippen LogP contribution in [-0.2, 0) is 11.2 Å². The van der Waals surface area contributed by atoms with Gasteiger partial charge in [-0.25, -0.2) is 4.39 Å². The van der Waals surface area contributed by atoms with E-state index in [0.717, 1.165) is 12.0 Å². The second-order valence-electron chi connectivity index (χ2n) is 9.23. The number of carbonyl (C=O) groups excluding carboxylic acids is 2. The van der Waals surface area contributed by atoms with Gasteiger partial charge in [0.25, 0.3) is 5.91 Å². The summed E-state index contributed by atoms with van der Waals surface area (Å²) in [4.78, 5) is 31.4. The highest BCUT2D eigenvalue weighted by molar-refractivity contribution is 7.10. The first-order valence-corrected chi connectivity index (χ1v) is 12.9. The van der Waals surface area contributed by atoms with E-state index in [0.29, 0.717) is 24.6 Å². The highest BCUT2D eigenvalue weighted by Crippen LogP contribution is 2.34. The minimum atomic E-state index is -0.479. The number of hydrogen-bond donors (Lipinski definition) is 0. The normalized spacial score (nSPS) is 14.9. The molecule has 0 spiro atoms. The zero-order chi connectivity index (χ0) is 25.7. The molecule has 0 N–H and O–H groups in total. The maximum atomic E-state index is 13.8. The summed E-state index contributed by atoms with van der Waals surface area (Å²) in [6.45, 7) is 5.11. The molecule has 1 aliphatic heterocycles. The van der Waals surface area contributed by atoms with Crippen LogP contribution in [0.3, 0.4) is 0 Å². The quantitative estimate of drug-likeness (QED) is 0.397. The summed E-state index contributed by atoms with van der Waals surface area (Å²) >= 11 is 1.68. The number of fused-ring (bicyclic) bond motifs is 1. The molecule has 1 unspecified atom stereocenters. The number of ether oxygens (including phenoxy) is 2. The lowest BCUT2D eigenvalue weighted by atomic mass is 10.00. The Bertz CT molecular complexity index is 1210. The fourth-order valence-corrected chi connectivity index (χ4v) is 5.39. The summed E-state index contributed by atoms with van der Waals surface area (Å²) in [5, 5.41) is 2.04. The van der Waals surface area contributed by atoms with Crippen molar-refractivity contribution < 1.29 is 23.5 Å². The monoisotopic (exact) mass is 510 g/mol. The number of halogens is 1. The van der Waals surface area contributed by atoms with E-state index < -0.39 is 5.82 Å². The Balaban J connectivity index is 1.54. The summed E-state index contributed by atoms with van der Waals surface area (Å²) in [6, 6.07) is 14.7. The van der Waals surface area contributed by atoms with Crippen molar-refractivity contribution in [3.05, 3.63) is 81.8 Å². The zero-order valence-corrected chi connectivity index (χ0v) is 21.6. The van der Waals surface area contributed by atoms with Gasteiger partial charge < -0.3 is 19.3 Å². The Labute approximate surface area is 215 Å². The van der Waals surface area contributed by atoms with E-state index in [-0.39, 0.29) is 42.5 Å². The molecule has 190 valence electrons. The average Bonchev–Trinajstić information content (AvgIpc) is 3.35. The molecular formula is C28H31FN2O4S. The van der Waals surface area contributed by atoms with Gasteiger partial charge in [-0.05, 0) is 59.7 Å². The van der Waals surface area contributed by atoms with Crippen LogP contribution >= 0.6 is 11.3 Å². The van der Waals surface area contributed by atoms with Crippen LogP contribution in [0.5, 0.6) is 11.5 Å². The molecule has 1 aromatic heterocycles. The Morgan fingerprint density at radius 3 is 2.67 bits per heavy atom. The number of carbonyl (C=O) groups is 2. The van der Waals surface area contributed by atoms with E-state index in [1.807, 2.05) is 49.6 Å². The molecule has 2 amide bonds. The van der Waals surface area contributed by atoms with Gasteiger partial charge in [0.15, 0.2) is 0 Å². The van der Waals surface area contributed by atoms with E-state index in [4.69, 9.17) is 9.47 Å².